The number of carbonyl (C=O) groups is 2. The van der Waals surface area contributed by atoms with Crippen molar-refractivity contribution in [1.29, 1.82) is 0 Å². The highest BCUT2D eigenvalue weighted by Crippen LogP contribution is 2.28. The van der Waals surface area contributed by atoms with Crippen LogP contribution >= 0.6 is 0 Å². The molecule has 0 aliphatic carbocycles. The lowest BCUT2D eigenvalue weighted by Crippen LogP contribution is -3.00. The second-order valence-electron chi connectivity index (χ2n) is 15.9. The Labute approximate surface area is 317 Å². The summed E-state index contributed by atoms with van der Waals surface area (Å²) in [5.74, 6) is 0.353. The van der Waals surface area contributed by atoms with Crippen molar-refractivity contribution >= 4 is 11.9 Å². The second-order valence-corrected chi connectivity index (χ2v) is 15.9. The van der Waals surface area contributed by atoms with Gasteiger partial charge in [-0.1, -0.05) is 141 Å². The molecule has 0 N–H and O–H groups in total. The van der Waals surface area contributed by atoms with E-state index in [1.807, 2.05) is 0 Å². The number of esters is 2. The SMILES string of the molecule is CCCCCCCC/C=C\CCCCCCCC(=O)OCC1C[N+](C)(C)C[C@H]1COC(=O)CCCCCCC/C=C\CCCCCCCC.[Cl-]. The third-order valence-electron chi connectivity index (χ3n) is 10.3. The maximum Gasteiger partial charge on any atom is 0.305 e. The van der Waals surface area contributed by atoms with E-state index in [1.54, 1.807) is 0 Å². The first-order chi connectivity index (χ1) is 23.9. The molecule has 1 fully saturated rings. The van der Waals surface area contributed by atoms with Gasteiger partial charge in [-0.25, -0.2) is 0 Å². The number of halogens is 1. The first-order valence-corrected chi connectivity index (χ1v) is 21.3. The van der Waals surface area contributed by atoms with Gasteiger partial charge in [-0.3, -0.25) is 9.59 Å². The van der Waals surface area contributed by atoms with E-state index in [4.69, 9.17) is 9.47 Å². The molecule has 294 valence electrons. The van der Waals surface area contributed by atoms with Crippen molar-refractivity contribution in [3.05, 3.63) is 24.3 Å². The Balaban J connectivity index is 0.0000240. The minimum atomic E-state index is -0.0743. The number of hydrogen-bond donors (Lipinski definition) is 0. The van der Waals surface area contributed by atoms with Gasteiger partial charge in [-0.2, -0.15) is 0 Å². The molecule has 2 atom stereocenters. The van der Waals surface area contributed by atoms with Crippen LogP contribution in [-0.4, -0.2) is 56.8 Å². The molecule has 0 spiro atoms. The van der Waals surface area contributed by atoms with Gasteiger partial charge in [0.25, 0.3) is 0 Å². The van der Waals surface area contributed by atoms with Crippen LogP contribution in [0.1, 0.15) is 194 Å². The van der Waals surface area contributed by atoms with Crippen molar-refractivity contribution in [2.24, 2.45) is 11.8 Å². The second kappa shape index (κ2) is 34.7. The number of carbonyl (C=O) groups excluding carboxylic acids is 2. The van der Waals surface area contributed by atoms with Crippen molar-refractivity contribution in [2.75, 3.05) is 40.4 Å². The standard InChI is InChI=1S/C44H82NO4.ClH/c1-5-7-9-11-13-15-17-19-21-23-25-27-29-31-33-35-43(46)48-39-41-37-45(3,4)38-42(41)40-49-44(47)36-34-32-30-28-26-24-22-20-18-16-14-12-10-8-6-2;/h19-22,41-42H,5-18,23-40H2,1-4H3;1H/q+1;/p-1/b21-19-,22-20-;/t41-,42?;/m0./s1. The van der Waals surface area contributed by atoms with Crippen LogP contribution < -0.4 is 12.4 Å². The quantitative estimate of drug-likeness (QED) is 0.0287. The van der Waals surface area contributed by atoms with Crippen LogP contribution in [0.5, 0.6) is 0 Å². The Bertz CT molecular complexity index is 776. The highest BCUT2D eigenvalue weighted by atomic mass is 35.5. The number of unbranched alkanes of at least 4 members (excludes halogenated alkanes) is 22. The Kier molecular flexibility index (Phi) is 33.8. The smallest absolute Gasteiger partial charge is 0.305 e. The minimum absolute atomic E-state index is 0. The van der Waals surface area contributed by atoms with E-state index in [1.165, 1.54) is 141 Å². The molecule has 6 heteroatoms. The number of nitrogens with zero attached hydrogens (tertiary/aromatic N) is 1. The van der Waals surface area contributed by atoms with E-state index in [0.717, 1.165) is 43.3 Å². The Hall–Kier alpha value is -1.33. The van der Waals surface area contributed by atoms with Crippen LogP contribution in [0, 0.1) is 11.8 Å². The first kappa shape index (κ1) is 48.7. The van der Waals surface area contributed by atoms with Gasteiger partial charge < -0.3 is 26.4 Å². The molecule has 0 aromatic carbocycles. The summed E-state index contributed by atoms with van der Waals surface area (Å²) in [6.45, 7) is 7.35. The van der Waals surface area contributed by atoms with Gasteiger partial charge in [0, 0.05) is 12.8 Å². The van der Waals surface area contributed by atoms with Crippen molar-refractivity contribution in [1.82, 2.24) is 0 Å². The van der Waals surface area contributed by atoms with Gasteiger partial charge in [0.2, 0.25) is 0 Å². The number of allylic oxidation sites excluding steroid dienone is 4. The normalized spacial score (nSPS) is 17.0. The van der Waals surface area contributed by atoms with Gasteiger partial charge in [0.15, 0.2) is 0 Å². The third-order valence-corrected chi connectivity index (χ3v) is 10.3. The lowest BCUT2D eigenvalue weighted by Gasteiger charge is -2.23. The number of rotatable bonds is 34. The van der Waals surface area contributed by atoms with E-state index in [0.29, 0.717) is 26.1 Å². The Morgan fingerprint density at radius 3 is 1.08 bits per heavy atom. The number of ether oxygens (including phenoxy) is 2. The molecule has 0 aromatic rings. The summed E-state index contributed by atoms with van der Waals surface area (Å²) in [7, 11) is 4.43. The van der Waals surface area contributed by atoms with Crippen molar-refractivity contribution in [2.45, 2.75) is 194 Å². The van der Waals surface area contributed by atoms with Crippen LogP contribution in [-0.2, 0) is 19.1 Å². The molecule has 0 amide bonds. The topological polar surface area (TPSA) is 52.6 Å². The van der Waals surface area contributed by atoms with Crippen molar-refractivity contribution < 1.29 is 36.0 Å². The molecule has 1 aliphatic heterocycles. The largest absolute Gasteiger partial charge is 1.00 e. The van der Waals surface area contributed by atoms with E-state index in [-0.39, 0.29) is 36.2 Å². The van der Waals surface area contributed by atoms with Gasteiger partial charge in [0.1, 0.15) is 13.2 Å². The van der Waals surface area contributed by atoms with E-state index in [2.05, 4.69) is 52.2 Å². The third kappa shape index (κ3) is 30.3. The minimum Gasteiger partial charge on any atom is -1.00 e. The van der Waals surface area contributed by atoms with Crippen LogP contribution in [0.3, 0.4) is 0 Å². The van der Waals surface area contributed by atoms with Crippen molar-refractivity contribution in [3.8, 4) is 0 Å². The molecular formula is C44H82ClNO4. The average molecular weight is 725 g/mol. The monoisotopic (exact) mass is 724 g/mol. The molecular weight excluding hydrogens is 642 g/mol. The molecule has 1 aliphatic rings. The number of quaternary nitrogens is 1. The Morgan fingerprint density at radius 1 is 0.480 bits per heavy atom. The molecule has 50 heavy (non-hydrogen) atoms. The fraction of sp³-hybridized carbons (Fsp3) is 0.864. The summed E-state index contributed by atoms with van der Waals surface area (Å²) in [6.07, 6.45) is 43.1. The maximum absolute atomic E-state index is 12.5. The van der Waals surface area contributed by atoms with Gasteiger partial charge >= 0.3 is 11.9 Å². The molecule has 1 saturated heterocycles. The predicted molar refractivity (Wildman–Crippen MR) is 210 cm³/mol. The molecule has 0 bridgehead atoms. The summed E-state index contributed by atoms with van der Waals surface area (Å²) in [4.78, 5) is 24.9. The maximum atomic E-state index is 12.5. The average Bonchev–Trinajstić information content (AvgIpc) is 3.39. The predicted octanol–water partition coefficient (Wildman–Crippen LogP) is 9.47. The fourth-order valence-electron chi connectivity index (χ4n) is 7.24. The zero-order chi connectivity index (χ0) is 35.7. The van der Waals surface area contributed by atoms with Crippen LogP contribution in [0.2, 0.25) is 0 Å². The van der Waals surface area contributed by atoms with Gasteiger partial charge in [-0.15, -0.1) is 0 Å². The molecule has 0 aromatic heterocycles. The molecule has 1 unspecified atom stereocenters. The molecule has 1 heterocycles. The summed E-state index contributed by atoms with van der Waals surface area (Å²) in [5, 5.41) is 0. The first-order valence-electron chi connectivity index (χ1n) is 21.3. The van der Waals surface area contributed by atoms with Crippen LogP contribution in [0.25, 0.3) is 0 Å². The zero-order valence-corrected chi connectivity index (χ0v) is 34.3. The lowest BCUT2D eigenvalue weighted by molar-refractivity contribution is -0.880. The molecule has 5 nitrogen and oxygen atoms in total. The fourth-order valence-corrected chi connectivity index (χ4v) is 7.24. The van der Waals surface area contributed by atoms with Crippen LogP contribution in [0.4, 0.5) is 0 Å². The van der Waals surface area contributed by atoms with Crippen molar-refractivity contribution in [3.63, 3.8) is 0 Å². The van der Waals surface area contributed by atoms with E-state index < -0.39 is 0 Å². The molecule has 0 radical (unpaired) electrons. The van der Waals surface area contributed by atoms with Gasteiger partial charge in [0.05, 0.1) is 39.0 Å². The van der Waals surface area contributed by atoms with E-state index >= 15 is 0 Å². The van der Waals surface area contributed by atoms with E-state index in [9.17, 15) is 9.59 Å². The summed E-state index contributed by atoms with van der Waals surface area (Å²) >= 11 is 0. The zero-order valence-electron chi connectivity index (χ0n) is 33.5. The summed E-state index contributed by atoms with van der Waals surface area (Å²) in [5.41, 5.74) is 0. The molecule has 0 saturated carbocycles. The number of likely N-dealkylation sites (tertiary alicyclic amines) is 1. The number of hydrogen-bond acceptors (Lipinski definition) is 4. The lowest BCUT2D eigenvalue weighted by atomic mass is 9.98. The summed E-state index contributed by atoms with van der Waals surface area (Å²) in [6, 6.07) is 0. The van der Waals surface area contributed by atoms with Crippen LogP contribution in [0.15, 0.2) is 24.3 Å². The Morgan fingerprint density at radius 2 is 0.760 bits per heavy atom. The highest BCUT2D eigenvalue weighted by molar-refractivity contribution is 5.69. The summed E-state index contributed by atoms with van der Waals surface area (Å²) < 4.78 is 12.3. The highest BCUT2D eigenvalue weighted by Gasteiger charge is 2.41. The van der Waals surface area contributed by atoms with Gasteiger partial charge in [-0.05, 0) is 64.2 Å². The molecule has 1 rings (SSSR count).